The maximum absolute atomic E-state index is 13.6. The Balaban J connectivity index is 1.78. The van der Waals surface area contributed by atoms with Crippen molar-refractivity contribution in [2.75, 3.05) is 6.61 Å². The molecule has 0 aromatic heterocycles. The average molecular weight is 389 g/mol. The summed E-state index contributed by atoms with van der Waals surface area (Å²) in [7, 11) is -1.80. The Morgan fingerprint density at radius 3 is 2.67 bits per heavy atom. The van der Waals surface area contributed by atoms with Crippen LogP contribution in [-0.2, 0) is 9.22 Å². The molecule has 3 rings (SSSR count). The highest BCUT2D eigenvalue weighted by Crippen LogP contribution is 2.69. The summed E-state index contributed by atoms with van der Waals surface area (Å²) >= 11 is 0. The van der Waals surface area contributed by atoms with Crippen molar-refractivity contribution in [1.82, 2.24) is 0 Å². The fourth-order valence-corrected chi connectivity index (χ4v) is 6.37. The number of Topliss-reactive ketones (excluding diaryl/α,β-unsaturated/α-hetero) is 1. The topological polar surface area (TPSA) is 26.3 Å². The molecular weight excluding hydrogens is 348 g/mol. The van der Waals surface area contributed by atoms with Gasteiger partial charge in [-0.15, -0.1) is 0 Å². The summed E-state index contributed by atoms with van der Waals surface area (Å²) in [6.45, 7) is 16.7. The fraction of sp³-hybridized carbons (Fsp3) is 0.792. The van der Waals surface area contributed by atoms with E-state index >= 15 is 0 Å². The predicted molar refractivity (Wildman–Crippen MR) is 116 cm³/mol. The van der Waals surface area contributed by atoms with Gasteiger partial charge in [-0.25, -0.2) is 0 Å². The molecule has 152 valence electrons. The van der Waals surface area contributed by atoms with Gasteiger partial charge in [0.15, 0.2) is 8.32 Å². The lowest BCUT2D eigenvalue weighted by atomic mass is 9.78. The molecule has 2 saturated carbocycles. The first-order valence-corrected chi connectivity index (χ1v) is 13.9. The minimum atomic E-state index is -1.80. The van der Waals surface area contributed by atoms with Gasteiger partial charge >= 0.3 is 0 Å². The van der Waals surface area contributed by atoms with Gasteiger partial charge in [-0.1, -0.05) is 51.5 Å². The first-order valence-electron chi connectivity index (χ1n) is 11.0. The van der Waals surface area contributed by atoms with Gasteiger partial charge in [0.1, 0.15) is 5.78 Å². The number of carbonyl (C=O) groups excluding carboxylic acids is 1. The third-order valence-electron chi connectivity index (χ3n) is 8.26. The molecule has 27 heavy (non-hydrogen) atoms. The highest BCUT2D eigenvalue weighted by Gasteiger charge is 2.67. The molecule has 2 nitrogen and oxygen atoms in total. The molecule has 0 aromatic rings. The molecule has 0 spiro atoms. The van der Waals surface area contributed by atoms with Gasteiger partial charge in [-0.05, 0) is 74.4 Å². The molecule has 3 aliphatic carbocycles. The second-order valence-electron chi connectivity index (χ2n) is 11.0. The van der Waals surface area contributed by atoms with Crippen molar-refractivity contribution in [3.05, 3.63) is 23.8 Å². The Bertz CT molecular complexity index is 639. The van der Waals surface area contributed by atoms with Crippen molar-refractivity contribution < 1.29 is 9.22 Å². The highest BCUT2D eigenvalue weighted by molar-refractivity contribution is 6.74. The maximum atomic E-state index is 13.6. The van der Waals surface area contributed by atoms with Gasteiger partial charge in [0.2, 0.25) is 0 Å². The number of hydrogen-bond donors (Lipinski definition) is 0. The first kappa shape index (κ1) is 21.0. The molecule has 0 radical (unpaired) electrons. The zero-order valence-electron chi connectivity index (χ0n) is 18.6. The van der Waals surface area contributed by atoms with Gasteiger partial charge < -0.3 is 4.43 Å². The lowest BCUT2D eigenvalue weighted by molar-refractivity contribution is -0.127. The molecule has 0 N–H and O–H groups in total. The van der Waals surface area contributed by atoms with Crippen LogP contribution < -0.4 is 0 Å². The van der Waals surface area contributed by atoms with Crippen LogP contribution in [0, 0.1) is 29.1 Å². The van der Waals surface area contributed by atoms with Crippen LogP contribution in [0.15, 0.2) is 23.8 Å². The Morgan fingerprint density at radius 1 is 1.33 bits per heavy atom. The van der Waals surface area contributed by atoms with Gasteiger partial charge in [0.05, 0.1) is 0 Å². The SMILES string of the molecule is C/C=C/C[C@H](CO[Si](C)(C)C(C)(C)C)[C@@H]1CCC2=CCC[C@]3(C)[C@H](C1=O)[C@H]23. The number of hydrogen-bond acceptors (Lipinski definition) is 2. The van der Waals surface area contributed by atoms with Crippen LogP contribution in [-0.4, -0.2) is 20.7 Å². The van der Waals surface area contributed by atoms with Crippen LogP contribution in [0.3, 0.4) is 0 Å². The quantitative estimate of drug-likeness (QED) is 0.381. The summed E-state index contributed by atoms with van der Waals surface area (Å²) in [5.41, 5.74) is 1.87. The molecule has 0 saturated heterocycles. The minimum absolute atomic E-state index is 0.171. The Kier molecular flexibility index (Phi) is 5.69. The van der Waals surface area contributed by atoms with Crippen LogP contribution in [0.1, 0.15) is 66.7 Å². The second-order valence-corrected chi connectivity index (χ2v) is 15.8. The first-order chi connectivity index (χ1) is 12.5. The molecule has 0 bridgehead atoms. The monoisotopic (exact) mass is 388 g/mol. The van der Waals surface area contributed by atoms with Crippen LogP contribution in [0.25, 0.3) is 0 Å². The second kappa shape index (κ2) is 7.30. The van der Waals surface area contributed by atoms with Crippen LogP contribution >= 0.6 is 0 Å². The Labute approximate surface area is 168 Å². The van der Waals surface area contributed by atoms with Crippen LogP contribution in [0.4, 0.5) is 0 Å². The van der Waals surface area contributed by atoms with E-state index in [1.165, 1.54) is 12.8 Å². The molecular formula is C24H40O2Si. The van der Waals surface area contributed by atoms with E-state index in [1.54, 1.807) is 5.57 Å². The molecule has 0 amide bonds. The van der Waals surface area contributed by atoms with Crippen LogP contribution in [0.5, 0.6) is 0 Å². The zero-order chi connectivity index (χ0) is 20.0. The van der Waals surface area contributed by atoms with Crippen molar-refractivity contribution in [2.24, 2.45) is 29.1 Å². The number of carbonyl (C=O) groups is 1. The Morgan fingerprint density at radius 2 is 2.04 bits per heavy atom. The summed E-state index contributed by atoms with van der Waals surface area (Å²) in [4.78, 5) is 13.6. The van der Waals surface area contributed by atoms with Crippen molar-refractivity contribution in [2.45, 2.75) is 84.9 Å². The standard InChI is InChI=1S/C24H40O2Si/c1-8-9-11-18(16-26-27(6,7)23(2,3)4)19-14-13-17-12-10-15-24(5)20(17)21(24)22(19)25/h8-9,12,18-21H,10-11,13-16H2,1-7H3/b9-8+/t18-,19+,20+,21+,24+/m1/s1. The minimum Gasteiger partial charge on any atom is -0.417 e. The highest BCUT2D eigenvalue weighted by atomic mass is 28.4. The Hall–Kier alpha value is -0.673. The molecule has 0 unspecified atom stereocenters. The van der Waals surface area contributed by atoms with Crippen molar-refractivity contribution in [3.8, 4) is 0 Å². The lowest BCUT2D eigenvalue weighted by Crippen LogP contribution is -2.43. The lowest BCUT2D eigenvalue weighted by Gasteiger charge is -2.38. The number of allylic oxidation sites excluding steroid dienone is 4. The molecule has 3 aliphatic rings. The van der Waals surface area contributed by atoms with E-state index in [-0.39, 0.29) is 16.4 Å². The van der Waals surface area contributed by atoms with E-state index in [1.807, 2.05) is 0 Å². The van der Waals surface area contributed by atoms with E-state index in [2.05, 4.69) is 65.9 Å². The molecule has 0 heterocycles. The zero-order valence-corrected chi connectivity index (χ0v) is 19.6. The third kappa shape index (κ3) is 3.79. The molecule has 2 fully saturated rings. The summed E-state index contributed by atoms with van der Waals surface area (Å²) in [6.07, 6.45) is 12.3. The van der Waals surface area contributed by atoms with Gasteiger partial charge in [-0.3, -0.25) is 4.79 Å². The number of rotatable bonds is 6. The summed E-state index contributed by atoms with van der Waals surface area (Å²) in [6, 6.07) is 0. The molecule has 0 aromatic carbocycles. The largest absolute Gasteiger partial charge is 0.417 e. The van der Waals surface area contributed by atoms with Gasteiger partial charge in [0, 0.05) is 18.4 Å². The number of ketones is 1. The summed E-state index contributed by atoms with van der Waals surface area (Å²) in [5, 5.41) is 0.211. The van der Waals surface area contributed by atoms with Crippen molar-refractivity contribution >= 4 is 14.1 Å². The van der Waals surface area contributed by atoms with E-state index in [0.717, 1.165) is 25.9 Å². The molecule has 3 heteroatoms. The normalized spacial score (nSPS) is 34.9. The molecule has 0 aliphatic heterocycles. The van der Waals surface area contributed by atoms with E-state index in [9.17, 15) is 4.79 Å². The van der Waals surface area contributed by atoms with E-state index in [4.69, 9.17) is 4.43 Å². The van der Waals surface area contributed by atoms with E-state index < -0.39 is 8.32 Å². The predicted octanol–water partition coefficient (Wildman–Crippen LogP) is 6.54. The third-order valence-corrected chi connectivity index (χ3v) is 12.8. The van der Waals surface area contributed by atoms with Crippen LogP contribution in [0.2, 0.25) is 18.1 Å². The summed E-state index contributed by atoms with van der Waals surface area (Å²) in [5.74, 6) is 1.91. The molecule has 5 atom stereocenters. The fourth-order valence-electron chi connectivity index (χ4n) is 5.31. The maximum Gasteiger partial charge on any atom is 0.191 e. The average Bonchev–Trinajstić information content (AvgIpc) is 3.24. The smallest absolute Gasteiger partial charge is 0.191 e. The summed E-state index contributed by atoms with van der Waals surface area (Å²) < 4.78 is 6.60. The van der Waals surface area contributed by atoms with Gasteiger partial charge in [-0.2, -0.15) is 0 Å². The van der Waals surface area contributed by atoms with Crippen molar-refractivity contribution in [1.29, 1.82) is 0 Å². The van der Waals surface area contributed by atoms with Gasteiger partial charge in [0.25, 0.3) is 0 Å². The van der Waals surface area contributed by atoms with E-state index in [0.29, 0.717) is 23.5 Å². The van der Waals surface area contributed by atoms with Crippen molar-refractivity contribution in [3.63, 3.8) is 0 Å². The number of fused-ring (bicyclic) bond motifs is 1.